The van der Waals surface area contributed by atoms with E-state index in [1.54, 1.807) is 60.7 Å². The van der Waals surface area contributed by atoms with Crippen molar-refractivity contribution in [3.63, 3.8) is 0 Å². The van der Waals surface area contributed by atoms with Gasteiger partial charge in [-0.1, -0.05) is 29.3 Å². The molecule has 3 rings (SSSR count). The molecule has 0 aliphatic heterocycles. The number of carbonyl (C=O) groups is 1. The van der Waals surface area contributed by atoms with Crippen LogP contribution in [0.1, 0.15) is 15.9 Å². The summed E-state index contributed by atoms with van der Waals surface area (Å²) in [4.78, 5) is 12.3. The Kier molecular flexibility index (Phi) is 5.27. The van der Waals surface area contributed by atoms with Crippen molar-refractivity contribution in [3.8, 4) is 11.5 Å². The van der Waals surface area contributed by atoms with Gasteiger partial charge >= 0.3 is 0 Å². The van der Waals surface area contributed by atoms with E-state index in [1.807, 2.05) is 13.0 Å². The first-order chi connectivity index (χ1) is 12.0. The van der Waals surface area contributed by atoms with E-state index in [4.69, 9.17) is 27.9 Å². The average molecular weight is 372 g/mol. The predicted molar refractivity (Wildman–Crippen MR) is 102 cm³/mol. The van der Waals surface area contributed by atoms with Gasteiger partial charge in [0.05, 0.1) is 10.6 Å². The molecule has 1 amide bonds. The summed E-state index contributed by atoms with van der Waals surface area (Å²) in [5.74, 6) is 1.10. The lowest BCUT2D eigenvalue weighted by Crippen LogP contribution is -2.12. The molecule has 0 fully saturated rings. The summed E-state index contributed by atoms with van der Waals surface area (Å²) in [5, 5.41) is 3.90. The van der Waals surface area contributed by atoms with Crippen molar-refractivity contribution in [1.82, 2.24) is 0 Å². The Balaban J connectivity index is 1.67. The van der Waals surface area contributed by atoms with Crippen molar-refractivity contribution in [2.24, 2.45) is 0 Å². The number of aryl methyl sites for hydroxylation is 1. The van der Waals surface area contributed by atoms with Crippen LogP contribution in [-0.2, 0) is 0 Å². The highest BCUT2D eigenvalue weighted by Gasteiger charge is 2.10. The van der Waals surface area contributed by atoms with Gasteiger partial charge in [-0.05, 0) is 73.2 Å². The lowest BCUT2D eigenvalue weighted by molar-refractivity contribution is 0.102. The molecular weight excluding hydrogens is 357 g/mol. The first-order valence-corrected chi connectivity index (χ1v) is 8.38. The minimum absolute atomic E-state index is 0.253. The number of hydrogen-bond donors (Lipinski definition) is 1. The van der Waals surface area contributed by atoms with E-state index in [2.05, 4.69) is 5.32 Å². The first-order valence-electron chi connectivity index (χ1n) is 7.62. The van der Waals surface area contributed by atoms with Gasteiger partial charge in [0.25, 0.3) is 5.91 Å². The highest BCUT2D eigenvalue weighted by molar-refractivity contribution is 6.34. The molecule has 25 heavy (non-hydrogen) atoms. The van der Waals surface area contributed by atoms with E-state index in [-0.39, 0.29) is 5.91 Å². The molecule has 1 N–H and O–H groups in total. The molecule has 5 heteroatoms. The number of anilines is 1. The fraction of sp³-hybridized carbons (Fsp3) is 0.0500. The molecule has 0 saturated heterocycles. The van der Waals surface area contributed by atoms with E-state index < -0.39 is 0 Å². The third kappa shape index (κ3) is 4.53. The standard InChI is InChI=1S/C20H15Cl2NO2/c1-13-2-11-18(19(22)12-13)20(24)23-15-5-9-17(10-6-15)25-16-7-3-14(21)4-8-16/h2-12H,1H3,(H,23,24). The summed E-state index contributed by atoms with van der Waals surface area (Å²) in [7, 11) is 0. The second-order valence-electron chi connectivity index (χ2n) is 5.52. The predicted octanol–water partition coefficient (Wildman–Crippen LogP) is 6.35. The molecule has 0 saturated carbocycles. The summed E-state index contributed by atoms with van der Waals surface area (Å²) >= 11 is 12.0. The zero-order chi connectivity index (χ0) is 17.8. The molecule has 3 nitrogen and oxygen atoms in total. The number of rotatable bonds is 4. The van der Waals surface area contributed by atoms with Crippen LogP contribution in [0.5, 0.6) is 11.5 Å². The second-order valence-corrected chi connectivity index (χ2v) is 6.36. The lowest BCUT2D eigenvalue weighted by atomic mass is 10.1. The molecule has 0 spiro atoms. The van der Waals surface area contributed by atoms with Gasteiger partial charge in [-0.15, -0.1) is 0 Å². The molecular formula is C20H15Cl2NO2. The van der Waals surface area contributed by atoms with Gasteiger partial charge in [0, 0.05) is 10.7 Å². The minimum Gasteiger partial charge on any atom is -0.457 e. The Morgan fingerprint density at radius 2 is 1.48 bits per heavy atom. The number of carbonyl (C=O) groups excluding carboxylic acids is 1. The molecule has 0 radical (unpaired) electrons. The van der Waals surface area contributed by atoms with Gasteiger partial charge in [-0.3, -0.25) is 4.79 Å². The number of benzene rings is 3. The minimum atomic E-state index is -0.253. The van der Waals surface area contributed by atoms with Gasteiger partial charge in [-0.25, -0.2) is 0 Å². The quantitative estimate of drug-likeness (QED) is 0.580. The van der Waals surface area contributed by atoms with E-state index in [0.29, 0.717) is 32.8 Å². The molecule has 0 unspecified atom stereocenters. The lowest BCUT2D eigenvalue weighted by Gasteiger charge is -2.09. The summed E-state index contributed by atoms with van der Waals surface area (Å²) in [5.41, 5.74) is 2.10. The van der Waals surface area contributed by atoms with Crippen LogP contribution in [-0.4, -0.2) is 5.91 Å². The van der Waals surface area contributed by atoms with Crippen LogP contribution in [0.2, 0.25) is 10.0 Å². The zero-order valence-corrected chi connectivity index (χ0v) is 14.9. The molecule has 0 aromatic heterocycles. The van der Waals surface area contributed by atoms with Gasteiger partial charge in [0.2, 0.25) is 0 Å². The Bertz CT molecular complexity index is 891. The van der Waals surface area contributed by atoms with Crippen LogP contribution in [0.3, 0.4) is 0 Å². The maximum atomic E-state index is 12.3. The zero-order valence-electron chi connectivity index (χ0n) is 13.4. The number of ether oxygens (including phenoxy) is 1. The van der Waals surface area contributed by atoms with Gasteiger partial charge in [-0.2, -0.15) is 0 Å². The summed E-state index contributed by atoms with van der Waals surface area (Å²) in [6, 6.07) is 19.5. The van der Waals surface area contributed by atoms with Gasteiger partial charge < -0.3 is 10.1 Å². The fourth-order valence-electron chi connectivity index (χ4n) is 2.25. The van der Waals surface area contributed by atoms with E-state index in [0.717, 1.165) is 5.56 Å². The SMILES string of the molecule is Cc1ccc(C(=O)Nc2ccc(Oc3ccc(Cl)cc3)cc2)c(Cl)c1. The molecule has 0 aliphatic rings. The maximum Gasteiger partial charge on any atom is 0.257 e. The Labute approximate surface area is 156 Å². The molecule has 0 atom stereocenters. The molecule has 0 heterocycles. The smallest absolute Gasteiger partial charge is 0.257 e. The van der Waals surface area contributed by atoms with Crippen LogP contribution in [0.25, 0.3) is 0 Å². The van der Waals surface area contributed by atoms with Crippen molar-refractivity contribution in [3.05, 3.63) is 87.9 Å². The largest absolute Gasteiger partial charge is 0.457 e. The first kappa shape index (κ1) is 17.3. The Morgan fingerprint density at radius 1 is 0.880 bits per heavy atom. The number of halogens is 2. The molecule has 3 aromatic rings. The molecule has 126 valence electrons. The number of hydrogen-bond acceptors (Lipinski definition) is 2. The highest BCUT2D eigenvalue weighted by atomic mass is 35.5. The fourth-order valence-corrected chi connectivity index (χ4v) is 2.69. The van der Waals surface area contributed by atoms with Crippen molar-refractivity contribution < 1.29 is 9.53 Å². The van der Waals surface area contributed by atoms with Crippen molar-refractivity contribution >= 4 is 34.8 Å². The molecule has 0 bridgehead atoms. The van der Waals surface area contributed by atoms with E-state index in [9.17, 15) is 4.79 Å². The Morgan fingerprint density at radius 3 is 2.08 bits per heavy atom. The van der Waals surface area contributed by atoms with E-state index in [1.165, 1.54) is 0 Å². The summed E-state index contributed by atoms with van der Waals surface area (Å²) in [6.07, 6.45) is 0. The third-order valence-corrected chi connectivity index (χ3v) is 4.10. The monoisotopic (exact) mass is 371 g/mol. The highest BCUT2D eigenvalue weighted by Crippen LogP contribution is 2.25. The number of amides is 1. The van der Waals surface area contributed by atoms with Crippen molar-refractivity contribution in [2.45, 2.75) is 6.92 Å². The normalized spacial score (nSPS) is 10.4. The Hall–Kier alpha value is -2.49. The average Bonchev–Trinajstić information content (AvgIpc) is 2.58. The molecule has 0 aliphatic carbocycles. The summed E-state index contributed by atoms with van der Waals surface area (Å²) < 4.78 is 5.72. The third-order valence-electron chi connectivity index (χ3n) is 3.53. The second kappa shape index (κ2) is 7.60. The van der Waals surface area contributed by atoms with Gasteiger partial charge in [0.1, 0.15) is 11.5 Å². The summed E-state index contributed by atoms with van der Waals surface area (Å²) in [6.45, 7) is 1.92. The van der Waals surface area contributed by atoms with Crippen LogP contribution >= 0.6 is 23.2 Å². The number of nitrogens with one attached hydrogen (secondary N) is 1. The van der Waals surface area contributed by atoms with Crippen molar-refractivity contribution in [1.29, 1.82) is 0 Å². The van der Waals surface area contributed by atoms with Crippen LogP contribution < -0.4 is 10.1 Å². The van der Waals surface area contributed by atoms with Crippen LogP contribution in [0, 0.1) is 6.92 Å². The van der Waals surface area contributed by atoms with Crippen LogP contribution in [0.4, 0.5) is 5.69 Å². The van der Waals surface area contributed by atoms with Crippen LogP contribution in [0.15, 0.2) is 66.7 Å². The van der Waals surface area contributed by atoms with Gasteiger partial charge in [0.15, 0.2) is 0 Å². The molecule has 3 aromatic carbocycles. The maximum absolute atomic E-state index is 12.3. The van der Waals surface area contributed by atoms with Crippen molar-refractivity contribution in [2.75, 3.05) is 5.32 Å². The van der Waals surface area contributed by atoms with E-state index >= 15 is 0 Å². The topological polar surface area (TPSA) is 38.3 Å².